The second kappa shape index (κ2) is 7.77. The molecular formula is C16H16ClF3N4O2. The Morgan fingerprint density at radius 2 is 1.88 bits per heavy atom. The minimum absolute atomic E-state index is 0.265. The lowest BCUT2D eigenvalue weighted by Gasteiger charge is -2.21. The van der Waals surface area contributed by atoms with Crippen molar-refractivity contribution in [1.82, 2.24) is 14.7 Å². The summed E-state index contributed by atoms with van der Waals surface area (Å²) < 4.78 is 38.7. The zero-order valence-electron chi connectivity index (χ0n) is 13.9. The van der Waals surface area contributed by atoms with E-state index in [0.29, 0.717) is 10.7 Å². The summed E-state index contributed by atoms with van der Waals surface area (Å²) in [5.74, 6) is -1.00. The average Bonchev–Trinajstić information content (AvgIpc) is 3.05. The Bertz CT molecular complexity index is 790. The predicted molar refractivity (Wildman–Crippen MR) is 89.7 cm³/mol. The van der Waals surface area contributed by atoms with E-state index in [1.54, 1.807) is 24.3 Å². The van der Waals surface area contributed by atoms with Crippen molar-refractivity contribution in [3.05, 3.63) is 47.2 Å². The lowest BCUT2D eigenvalue weighted by molar-refractivity contribution is -0.142. The first-order chi connectivity index (χ1) is 12.1. The topological polar surface area (TPSA) is 67.2 Å². The van der Waals surface area contributed by atoms with E-state index in [1.165, 1.54) is 14.0 Å². The summed E-state index contributed by atoms with van der Waals surface area (Å²) >= 11 is 5.75. The first-order valence-electron chi connectivity index (χ1n) is 7.50. The van der Waals surface area contributed by atoms with Gasteiger partial charge in [0.25, 0.3) is 0 Å². The van der Waals surface area contributed by atoms with Crippen LogP contribution in [0.2, 0.25) is 5.02 Å². The van der Waals surface area contributed by atoms with E-state index < -0.39 is 29.7 Å². The zero-order chi connectivity index (χ0) is 19.5. The Morgan fingerprint density at radius 1 is 1.27 bits per heavy atom. The highest BCUT2D eigenvalue weighted by Crippen LogP contribution is 2.28. The van der Waals surface area contributed by atoms with Crippen molar-refractivity contribution in [3.8, 4) is 0 Å². The molecule has 1 atom stereocenters. The van der Waals surface area contributed by atoms with Gasteiger partial charge < -0.3 is 10.2 Å². The summed E-state index contributed by atoms with van der Waals surface area (Å²) in [7, 11) is 1.38. The molecule has 140 valence electrons. The second-order valence-corrected chi connectivity index (χ2v) is 6.04. The van der Waals surface area contributed by atoms with Gasteiger partial charge in [0.2, 0.25) is 11.8 Å². The van der Waals surface area contributed by atoms with Crippen molar-refractivity contribution in [2.75, 3.05) is 18.9 Å². The summed E-state index contributed by atoms with van der Waals surface area (Å²) in [4.78, 5) is 25.4. The van der Waals surface area contributed by atoms with Crippen LogP contribution in [0.25, 0.3) is 0 Å². The largest absolute Gasteiger partial charge is 0.435 e. The molecule has 6 nitrogen and oxygen atoms in total. The molecule has 0 aliphatic heterocycles. The molecule has 1 aromatic carbocycles. The van der Waals surface area contributed by atoms with E-state index in [2.05, 4.69) is 10.4 Å². The number of aromatic nitrogens is 2. The second-order valence-electron chi connectivity index (χ2n) is 5.60. The van der Waals surface area contributed by atoms with Crippen molar-refractivity contribution in [1.29, 1.82) is 0 Å². The molecule has 10 heteroatoms. The van der Waals surface area contributed by atoms with E-state index in [-0.39, 0.29) is 6.54 Å². The molecule has 1 N–H and O–H groups in total. The maximum Gasteiger partial charge on any atom is 0.435 e. The highest BCUT2D eigenvalue weighted by molar-refractivity contribution is 6.30. The number of nitrogens with one attached hydrogen (secondary N) is 1. The van der Waals surface area contributed by atoms with Gasteiger partial charge >= 0.3 is 6.18 Å². The lowest BCUT2D eigenvalue weighted by Crippen LogP contribution is -2.38. The fourth-order valence-corrected chi connectivity index (χ4v) is 2.29. The van der Waals surface area contributed by atoms with Crippen molar-refractivity contribution >= 4 is 29.1 Å². The highest BCUT2D eigenvalue weighted by atomic mass is 35.5. The first kappa shape index (κ1) is 19.8. The van der Waals surface area contributed by atoms with Crippen molar-refractivity contribution < 1.29 is 22.8 Å². The molecule has 1 heterocycles. The van der Waals surface area contributed by atoms with E-state index in [9.17, 15) is 22.8 Å². The van der Waals surface area contributed by atoms with Gasteiger partial charge in [0.15, 0.2) is 5.69 Å². The summed E-state index contributed by atoms with van der Waals surface area (Å²) in [5, 5.41) is 6.48. The van der Waals surface area contributed by atoms with Crippen LogP contribution in [0.4, 0.5) is 18.9 Å². The fourth-order valence-electron chi connectivity index (χ4n) is 2.16. The molecule has 2 rings (SSSR count). The molecule has 0 aliphatic rings. The molecule has 26 heavy (non-hydrogen) atoms. The molecular weight excluding hydrogens is 373 g/mol. The van der Waals surface area contributed by atoms with Gasteiger partial charge in [-0.3, -0.25) is 14.3 Å². The molecule has 0 fully saturated rings. The number of rotatable bonds is 5. The number of hydrogen-bond acceptors (Lipinski definition) is 3. The number of nitrogens with zero attached hydrogens (tertiary/aromatic N) is 3. The number of halogens is 4. The van der Waals surface area contributed by atoms with Gasteiger partial charge in [-0.15, -0.1) is 0 Å². The number of alkyl halides is 3. The van der Waals surface area contributed by atoms with E-state index in [1.807, 2.05) is 0 Å². The standard InChI is InChI=1S/C16H16ClF3N4O2/c1-10(24-8-7-13(22-24)16(18,19)20)15(26)23(2)9-14(25)21-12-5-3-11(17)4-6-12/h3-8,10H,9H2,1-2H3,(H,21,25). The highest BCUT2D eigenvalue weighted by Gasteiger charge is 2.34. The van der Waals surface area contributed by atoms with Gasteiger partial charge in [0.05, 0.1) is 6.54 Å². The Labute approximate surface area is 152 Å². The summed E-state index contributed by atoms with van der Waals surface area (Å²) in [5.41, 5.74) is -0.574. The average molecular weight is 389 g/mol. The summed E-state index contributed by atoms with van der Waals surface area (Å²) in [6, 6.07) is 6.21. The Morgan fingerprint density at radius 3 is 2.42 bits per heavy atom. The minimum atomic E-state index is -4.58. The number of anilines is 1. The van der Waals surface area contributed by atoms with Crippen LogP contribution in [-0.4, -0.2) is 40.1 Å². The molecule has 1 unspecified atom stereocenters. The van der Waals surface area contributed by atoms with Gasteiger partial charge in [-0.1, -0.05) is 11.6 Å². The monoisotopic (exact) mass is 388 g/mol. The number of carbonyl (C=O) groups is 2. The first-order valence-corrected chi connectivity index (χ1v) is 7.88. The quantitative estimate of drug-likeness (QED) is 0.855. The Kier molecular flexibility index (Phi) is 5.91. The molecule has 0 bridgehead atoms. The van der Waals surface area contributed by atoms with Crippen LogP contribution in [0.5, 0.6) is 0 Å². The summed E-state index contributed by atoms with van der Waals surface area (Å²) in [6.45, 7) is 1.14. The summed E-state index contributed by atoms with van der Waals surface area (Å²) in [6.07, 6.45) is -3.51. The SMILES string of the molecule is CC(C(=O)N(C)CC(=O)Nc1ccc(Cl)cc1)n1ccc(C(F)(F)F)n1. The molecule has 2 aromatic rings. The molecule has 2 amide bonds. The number of carbonyl (C=O) groups excluding carboxylic acids is 2. The van der Waals surface area contributed by atoms with E-state index >= 15 is 0 Å². The predicted octanol–water partition coefficient (Wildman–Crippen LogP) is 3.21. The number of amides is 2. The van der Waals surface area contributed by atoms with Gasteiger partial charge in [-0.25, -0.2) is 0 Å². The van der Waals surface area contributed by atoms with Crippen LogP contribution in [0.1, 0.15) is 18.7 Å². The van der Waals surface area contributed by atoms with Gasteiger partial charge in [0.1, 0.15) is 6.04 Å². The number of likely N-dealkylation sites (N-methyl/N-ethyl adjacent to an activating group) is 1. The van der Waals surface area contributed by atoms with Crippen molar-refractivity contribution in [2.24, 2.45) is 0 Å². The maximum absolute atomic E-state index is 12.6. The van der Waals surface area contributed by atoms with Crippen molar-refractivity contribution in [3.63, 3.8) is 0 Å². The minimum Gasteiger partial charge on any atom is -0.335 e. The van der Waals surface area contributed by atoms with Gasteiger partial charge in [-0.2, -0.15) is 18.3 Å². The molecule has 0 aliphatic carbocycles. The number of hydrogen-bond donors (Lipinski definition) is 1. The van der Waals surface area contributed by atoms with E-state index in [0.717, 1.165) is 21.8 Å². The smallest absolute Gasteiger partial charge is 0.335 e. The number of benzene rings is 1. The molecule has 1 aromatic heterocycles. The van der Waals surface area contributed by atoms with Gasteiger partial charge in [-0.05, 0) is 37.3 Å². The molecule has 0 spiro atoms. The zero-order valence-corrected chi connectivity index (χ0v) is 14.7. The normalized spacial score (nSPS) is 12.5. The third-order valence-electron chi connectivity index (χ3n) is 3.54. The van der Waals surface area contributed by atoms with Crippen LogP contribution in [-0.2, 0) is 15.8 Å². The maximum atomic E-state index is 12.6. The van der Waals surface area contributed by atoms with Crippen LogP contribution in [0.15, 0.2) is 36.5 Å². The fraction of sp³-hybridized carbons (Fsp3) is 0.312. The third kappa shape index (κ3) is 4.98. The van der Waals surface area contributed by atoms with Crippen LogP contribution < -0.4 is 5.32 Å². The lowest BCUT2D eigenvalue weighted by atomic mass is 10.3. The third-order valence-corrected chi connectivity index (χ3v) is 3.79. The van der Waals surface area contributed by atoms with Crippen molar-refractivity contribution in [2.45, 2.75) is 19.1 Å². The molecule has 0 radical (unpaired) electrons. The molecule has 0 saturated heterocycles. The molecule has 0 saturated carbocycles. The Hall–Kier alpha value is -2.55. The van der Waals surface area contributed by atoms with Crippen LogP contribution in [0.3, 0.4) is 0 Å². The van der Waals surface area contributed by atoms with Crippen LogP contribution >= 0.6 is 11.6 Å². The van der Waals surface area contributed by atoms with E-state index in [4.69, 9.17) is 11.6 Å². The Balaban J connectivity index is 1.96. The van der Waals surface area contributed by atoms with Gasteiger partial charge in [0, 0.05) is 24.0 Å². The van der Waals surface area contributed by atoms with Crippen LogP contribution in [0, 0.1) is 0 Å².